The van der Waals surface area contributed by atoms with Crippen molar-refractivity contribution in [3.63, 3.8) is 0 Å². The van der Waals surface area contributed by atoms with Crippen molar-refractivity contribution in [3.8, 4) is 5.75 Å². The Kier molecular flexibility index (Phi) is 10.2. The van der Waals surface area contributed by atoms with Crippen LogP contribution in [0.3, 0.4) is 0 Å². The fraction of sp³-hybridized carbons (Fsp3) is 0.407. The van der Waals surface area contributed by atoms with Crippen LogP contribution < -0.4 is 10.1 Å². The molecule has 1 aromatic heterocycles. The highest BCUT2D eigenvalue weighted by molar-refractivity contribution is 6.30. The number of ether oxygens (including phenoxy) is 2. The lowest BCUT2D eigenvalue weighted by atomic mass is 10.1. The van der Waals surface area contributed by atoms with E-state index in [1.165, 1.54) is 5.56 Å². The summed E-state index contributed by atoms with van der Waals surface area (Å²) in [6, 6.07) is 15.2. The first kappa shape index (κ1) is 28.0. The Morgan fingerprint density at radius 3 is 2.53 bits per heavy atom. The zero-order chi connectivity index (χ0) is 24.8. The number of nitrogens with one attached hydrogen (secondary N) is 1. The minimum absolute atomic E-state index is 0. The topological polar surface area (TPSA) is 68.6 Å². The lowest BCUT2D eigenvalue weighted by Crippen LogP contribution is -2.35. The summed E-state index contributed by atoms with van der Waals surface area (Å²) in [6.07, 6.45) is 0. The van der Waals surface area contributed by atoms with Crippen LogP contribution in [0.2, 0.25) is 5.02 Å². The molecule has 0 saturated carbocycles. The Balaban J connectivity index is 0.00000361. The number of halogens is 2. The van der Waals surface area contributed by atoms with Gasteiger partial charge in [0.05, 0.1) is 26.4 Å². The summed E-state index contributed by atoms with van der Waals surface area (Å²) >= 11 is 6.24. The van der Waals surface area contributed by atoms with Crippen LogP contribution in [-0.4, -0.2) is 53.5 Å². The summed E-state index contributed by atoms with van der Waals surface area (Å²) in [5.41, 5.74) is 3.65. The van der Waals surface area contributed by atoms with Gasteiger partial charge in [0.2, 0.25) is 0 Å². The van der Waals surface area contributed by atoms with Gasteiger partial charge in [0.25, 0.3) is 5.91 Å². The Morgan fingerprint density at radius 2 is 1.83 bits per heavy atom. The first-order chi connectivity index (χ1) is 16.9. The van der Waals surface area contributed by atoms with Gasteiger partial charge in [0.15, 0.2) is 5.82 Å². The number of hydrogen-bond acceptors (Lipinski definition) is 5. The largest absolute Gasteiger partial charge is 0.493 e. The van der Waals surface area contributed by atoms with E-state index in [9.17, 15) is 4.79 Å². The zero-order valence-corrected chi connectivity index (χ0v) is 22.6. The van der Waals surface area contributed by atoms with Crippen molar-refractivity contribution in [2.75, 3.05) is 38.2 Å². The molecule has 4 rings (SSSR count). The highest BCUT2D eigenvalue weighted by atomic mass is 35.5. The number of nitrogens with zero attached hydrogens (tertiary/aromatic N) is 3. The molecule has 1 N–H and O–H groups in total. The number of aryl methyl sites for hydroxylation is 1. The second kappa shape index (κ2) is 13.1. The monoisotopic (exact) mass is 532 g/mol. The molecule has 36 heavy (non-hydrogen) atoms. The molecule has 0 unspecified atom stereocenters. The smallest absolute Gasteiger partial charge is 0.256 e. The number of morpholine rings is 1. The fourth-order valence-corrected chi connectivity index (χ4v) is 4.12. The van der Waals surface area contributed by atoms with Crippen LogP contribution in [0.15, 0.2) is 48.5 Å². The third kappa shape index (κ3) is 7.71. The van der Waals surface area contributed by atoms with Crippen LogP contribution in [0.25, 0.3) is 0 Å². The number of carbonyl (C=O) groups is 1. The number of aromatic nitrogens is 2. The van der Waals surface area contributed by atoms with Gasteiger partial charge >= 0.3 is 0 Å². The molecule has 0 radical (unpaired) electrons. The second-order valence-electron chi connectivity index (χ2n) is 9.33. The molecule has 1 fully saturated rings. The van der Waals surface area contributed by atoms with Gasteiger partial charge in [-0.3, -0.25) is 14.4 Å². The lowest BCUT2D eigenvalue weighted by molar-refractivity contribution is 0.0342. The molecule has 1 aliphatic heterocycles. The van der Waals surface area contributed by atoms with Crippen LogP contribution in [-0.2, 0) is 17.8 Å². The van der Waals surface area contributed by atoms with Crippen molar-refractivity contribution in [1.82, 2.24) is 14.7 Å². The summed E-state index contributed by atoms with van der Waals surface area (Å²) in [5, 5.41) is 8.16. The van der Waals surface area contributed by atoms with Gasteiger partial charge in [-0.15, -0.1) is 12.4 Å². The van der Waals surface area contributed by atoms with E-state index in [0.29, 0.717) is 35.5 Å². The Labute approximate surface area is 224 Å². The summed E-state index contributed by atoms with van der Waals surface area (Å²) in [5.74, 6) is 1.54. The van der Waals surface area contributed by atoms with Crippen molar-refractivity contribution >= 4 is 35.7 Å². The van der Waals surface area contributed by atoms with E-state index in [4.69, 9.17) is 21.1 Å². The van der Waals surface area contributed by atoms with E-state index >= 15 is 0 Å². The predicted molar refractivity (Wildman–Crippen MR) is 146 cm³/mol. The van der Waals surface area contributed by atoms with Crippen LogP contribution in [0.5, 0.6) is 5.75 Å². The van der Waals surface area contributed by atoms with Gasteiger partial charge in [0.1, 0.15) is 5.75 Å². The molecule has 9 heteroatoms. The number of benzene rings is 2. The fourth-order valence-electron chi connectivity index (χ4n) is 3.93. The van der Waals surface area contributed by atoms with E-state index in [0.717, 1.165) is 49.9 Å². The number of anilines is 1. The maximum Gasteiger partial charge on any atom is 0.256 e. The van der Waals surface area contributed by atoms with Crippen molar-refractivity contribution in [2.24, 2.45) is 5.92 Å². The molecular formula is C27H34Cl2N4O3. The van der Waals surface area contributed by atoms with Crippen molar-refractivity contribution in [2.45, 2.75) is 33.9 Å². The maximum absolute atomic E-state index is 12.8. The lowest BCUT2D eigenvalue weighted by Gasteiger charge is -2.26. The Morgan fingerprint density at radius 1 is 1.11 bits per heavy atom. The molecule has 194 valence electrons. The molecule has 0 bridgehead atoms. The number of carbonyl (C=O) groups excluding carboxylic acids is 1. The molecule has 2 heterocycles. The van der Waals surface area contributed by atoms with Crippen LogP contribution >= 0.6 is 24.0 Å². The van der Waals surface area contributed by atoms with Crippen molar-refractivity contribution in [1.29, 1.82) is 0 Å². The van der Waals surface area contributed by atoms with Crippen molar-refractivity contribution in [3.05, 3.63) is 75.9 Å². The van der Waals surface area contributed by atoms with E-state index in [2.05, 4.69) is 29.2 Å². The van der Waals surface area contributed by atoms with Crippen LogP contribution in [0, 0.1) is 12.8 Å². The van der Waals surface area contributed by atoms with Crippen molar-refractivity contribution < 1.29 is 14.3 Å². The summed E-state index contributed by atoms with van der Waals surface area (Å²) in [7, 11) is 0. The SMILES string of the molecule is Cc1cc(NC(=O)c2ccc(CN3CCOCC3)cc2)nn1Cc1cc(Cl)ccc1OCC(C)C.Cl. The number of rotatable bonds is 9. The van der Waals surface area contributed by atoms with Gasteiger partial charge in [-0.05, 0) is 48.7 Å². The quantitative estimate of drug-likeness (QED) is 0.397. The highest BCUT2D eigenvalue weighted by Crippen LogP contribution is 2.25. The molecule has 3 aromatic rings. The van der Waals surface area contributed by atoms with E-state index in [1.807, 2.05) is 60.1 Å². The molecule has 1 amide bonds. The third-order valence-corrected chi connectivity index (χ3v) is 6.10. The molecule has 1 saturated heterocycles. The highest BCUT2D eigenvalue weighted by Gasteiger charge is 2.14. The number of hydrogen-bond donors (Lipinski definition) is 1. The zero-order valence-electron chi connectivity index (χ0n) is 21.0. The van der Waals surface area contributed by atoms with Gasteiger partial charge in [-0.1, -0.05) is 37.6 Å². The van der Waals surface area contributed by atoms with Crippen LogP contribution in [0.4, 0.5) is 5.82 Å². The molecule has 0 spiro atoms. The summed E-state index contributed by atoms with van der Waals surface area (Å²) in [4.78, 5) is 15.2. The first-order valence-corrected chi connectivity index (χ1v) is 12.4. The van der Waals surface area contributed by atoms with Gasteiger partial charge in [0, 0.05) is 47.5 Å². The number of amides is 1. The minimum Gasteiger partial charge on any atom is -0.493 e. The predicted octanol–water partition coefficient (Wildman–Crippen LogP) is 5.43. The normalized spacial score (nSPS) is 13.9. The van der Waals surface area contributed by atoms with Crippen LogP contribution in [0.1, 0.15) is 41.0 Å². The molecule has 2 aromatic carbocycles. The average molecular weight is 534 g/mol. The first-order valence-electron chi connectivity index (χ1n) is 12.0. The average Bonchev–Trinajstić information content (AvgIpc) is 3.17. The van der Waals surface area contributed by atoms with Gasteiger partial charge < -0.3 is 14.8 Å². The molecule has 0 atom stereocenters. The molecule has 1 aliphatic rings. The van der Waals surface area contributed by atoms with Gasteiger partial charge in [-0.2, -0.15) is 5.10 Å². The standard InChI is InChI=1S/C27H33ClN4O3.ClH/c1-19(2)18-35-25-9-8-24(28)15-23(25)17-32-20(3)14-26(30-32)29-27(33)22-6-4-21(5-7-22)16-31-10-12-34-13-11-31;/h4-9,14-15,19H,10-13,16-18H2,1-3H3,(H,29,30,33);1H. The Bertz CT molecular complexity index is 1140. The van der Waals surface area contributed by atoms with E-state index in [1.54, 1.807) is 0 Å². The third-order valence-electron chi connectivity index (χ3n) is 5.86. The minimum atomic E-state index is -0.184. The van der Waals surface area contributed by atoms with E-state index < -0.39 is 0 Å². The summed E-state index contributed by atoms with van der Waals surface area (Å²) in [6.45, 7) is 11.6. The molecule has 0 aliphatic carbocycles. The van der Waals surface area contributed by atoms with Gasteiger partial charge in [-0.25, -0.2) is 0 Å². The molecular weight excluding hydrogens is 499 g/mol. The Hall–Kier alpha value is -2.58. The maximum atomic E-state index is 12.8. The summed E-state index contributed by atoms with van der Waals surface area (Å²) < 4.78 is 13.2. The van der Waals surface area contributed by atoms with E-state index in [-0.39, 0.29) is 18.3 Å². The second-order valence-corrected chi connectivity index (χ2v) is 9.76. The molecule has 7 nitrogen and oxygen atoms in total.